The Morgan fingerprint density at radius 2 is 1.71 bits per heavy atom. The van der Waals surface area contributed by atoms with E-state index in [1.807, 2.05) is 6.07 Å². The molecule has 6 nitrogen and oxygen atoms in total. The second-order valence-corrected chi connectivity index (χ2v) is 9.68. The average molecular weight is 385 g/mol. The van der Waals surface area contributed by atoms with Gasteiger partial charge >= 0.3 is 6.03 Å². The number of benzene rings is 1. The van der Waals surface area contributed by atoms with Gasteiger partial charge in [-0.15, -0.1) is 0 Å². The van der Waals surface area contributed by atoms with Crippen molar-refractivity contribution in [1.82, 2.24) is 15.1 Å². The van der Waals surface area contributed by atoms with E-state index in [2.05, 4.69) is 60.2 Å². The van der Waals surface area contributed by atoms with Crippen molar-refractivity contribution in [3.63, 3.8) is 0 Å². The summed E-state index contributed by atoms with van der Waals surface area (Å²) >= 11 is 0. The molecule has 1 saturated carbocycles. The van der Waals surface area contributed by atoms with Gasteiger partial charge in [-0.2, -0.15) is 0 Å². The number of hydrogen-bond acceptors (Lipinski definition) is 4. The molecule has 6 heteroatoms. The number of piperazine rings is 1. The Morgan fingerprint density at radius 3 is 2.36 bits per heavy atom. The van der Waals surface area contributed by atoms with Gasteiger partial charge in [0.1, 0.15) is 5.54 Å². The van der Waals surface area contributed by atoms with Crippen LogP contribution in [0.4, 0.5) is 10.5 Å². The molecule has 2 heterocycles. The van der Waals surface area contributed by atoms with Crippen molar-refractivity contribution in [1.29, 1.82) is 0 Å². The summed E-state index contributed by atoms with van der Waals surface area (Å²) in [6.07, 6.45) is 2.58. The van der Waals surface area contributed by atoms with Crippen LogP contribution in [-0.4, -0.2) is 60.1 Å². The van der Waals surface area contributed by atoms with Crippen LogP contribution in [0.3, 0.4) is 0 Å². The molecule has 3 fully saturated rings. The van der Waals surface area contributed by atoms with Crippen molar-refractivity contribution in [2.24, 2.45) is 11.3 Å². The number of rotatable bonds is 3. The number of nitrogens with one attached hydrogen (secondary N) is 1. The fourth-order valence-electron chi connectivity index (χ4n) is 5.62. The second kappa shape index (κ2) is 7.07. The van der Waals surface area contributed by atoms with E-state index < -0.39 is 5.54 Å². The summed E-state index contributed by atoms with van der Waals surface area (Å²) in [7, 11) is 0. The molecule has 0 radical (unpaired) electrons. The highest BCUT2D eigenvalue weighted by Gasteiger charge is 2.56. The van der Waals surface area contributed by atoms with E-state index in [1.54, 1.807) is 0 Å². The third kappa shape index (κ3) is 3.62. The molecule has 4 rings (SSSR count). The molecular formula is C22H32N4O2. The molecule has 2 aliphatic heterocycles. The number of para-hydroxylation sites is 1. The second-order valence-electron chi connectivity index (χ2n) is 9.68. The van der Waals surface area contributed by atoms with Crippen LogP contribution in [0.25, 0.3) is 0 Å². The summed E-state index contributed by atoms with van der Waals surface area (Å²) < 4.78 is 0. The lowest BCUT2D eigenvalue weighted by Crippen LogP contribution is -2.55. The van der Waals surface area contributed by atoms with Gasteiger partial charge in [0.25, 0.3) is 5.91 Å². The van der Waals surface area contributed by atoms with Gasteiger partial charge in [-0.1, -0.05) is 39.0 Å². The zero-order valence-electron chi connectivity index (χ0n) is 17.3. The number of hydrogen-bond donors (Lipinski definition) is 1. The number of carbonyl (C=O) groups is 2. The number of imide groups is 1. The Kier molecular flexibility index (Phi) is 4.86. The molecule has 152 valence electrons. The third-order valence-electron chi connectivity index (χ3n) is 6.46. The lowest BCUT2D eigenvalue weighted by Gasteiger charge is -2.44. The Balaban J connectivity index is 1.39. The highest BCUT2D eigenvalue weighted by atomic mass is 16.2. The number of urea groups is 1. The van der Waals surface area contributed by atoms with E-state index >= 15 is 0 Å². The number of amides is 3. The van der Waals surface area contributed by atoms with Gasteiger partial charge in [0.05, 0.1) is 6.67 Å². The van der Waals surface area contributed by atoms with Crippen LogP contribution >= 0.6 is 0 Å². The van der Waals surface area contributed by atoms with Crippen molar-refractivity contribution in [3.8, 4) is 0 Å². The summed E-state index contributed by atoms with van der Waals surface area (Å²) in [4.78, 5) is 32.0. The van der Waals surface area contributed by atoms with Crippen LogP contribution in [0.5, 0.6) is 0 Å². The highest BCUT2D eigenvalue weighted by Crippen LogP contribution is 2.46. The fourth-order valence-corrected chi connectivity index (χ4v) is 5.62. The minimum Gasteiger partial charge on any atom is -0.369 e. The summed E-state index contributed by atoms with van der Waals surface area (Å²) in [5.74, 6) is 0.407. The molecule has 2 unspecified atom stereocenters. The summed E-state index contributed by atoms with van der Waals surface area (Å²) in [5.41, 5.74) is 0.594. The number of nitrogens with zero attached hydrogens (tertiary/aromatic N) is 3. The molecule has 28 heavy (non-hydrogen) atoms. The molecule has 2 saturated heterocycles. The SMILES string of the molecule is CC1CC(C)(C)CC2(C1)NC(=O)N(CN1CCN(c3ccccc3)CC1)C2=O. The van der Waals surface area contributed by atoms with Gasteiger partial charge in [-0.05, 0) is 42.7 Å². The Labute approximate surface area is 167 Å². The maximum absolute atomic E-state index is 13.3. The first kappa shape index (κ1) is 19.2. The quantitative estimate of drug-likeness (QED) is 0.814. The molecule has 1 aromatic rings. The molecule has 1 aliphatic carbocycles. The minimum absolute atomic E-state index is 0.0254. The van der Waals surface area contributed by atoms with Gasteiger partial charge < -0.3 is 10.2 Å². The van der Waals surface area contributed by atoms with Gasteiger partial charge in [0.15, 0.2) is 0 Å². The smallest absolute Gasteiger partial charge is 0.326 e. The van der Waals surface area contributed by atoms with E-state index in [0.717, 1.165) is 45.4 Å². The van der Waals surface area contributed by atoms with Crippen molar-refractivity contribution >= 4 is 17.6 Å². The molecule has 0 bridgehead atoms. The summed E-state index contributed by atoms with van der Waals surface area (Å²) in [6, 6.07) is 10.2. The lowest BCUT2D eigenvalue weighted by atomic mass is 9.64. The minimum atomic E-state index is -0.704. The average Bonchev–Trinajstić information content (AvgIpc) is 2.85. The van der Waals surface area contributed by atoms with Crippen molar-refractivity contribution in [2.45, 2.75) is 45.6 Å². The van der Waals surface area contributed by atoms with Crippen molar-refractivity contribution in [2.75, 3.05) is 37.7 Å². The van der Waals surface area contributed by atoms with E-state index in [1.165, 1.54) is 10.6 Å². The van der Waals surface area contributed by atoms with E-state index in [4.69, 9.17) is 0 Å². The van der Waals surface area contributed by atoms with Gasteiger partial charge in [0.2, 0.25) is 0 Å². The topological polar surface area (TPSA) is 55.9 Å². The monoisotopic (exact) mass is 384 g/mol. The van der Waals surface area contributed by atoms with Crippen LogP contribution in [-0.2, 0) is 4.79 Å². The first-order chi connectivity index (χ1) is 13.3. The number of anilines is 1. The standard InChI is InChI=1S/C22H32N4O2/c1-17-13-21(2,3)15-22(14-17)19(27)26(20(28)23-22)16-24-9-11-25(12-10-24)18-7-5-4-6-8-18/h4-8,17H,9-16H2,1-3H3,(H,23,28). The van der Waals surface area contributed by atoms with Gasteiger partial charge in [-0.25, -0.2) is 9.69 Å². The molecule has 1 aromatic carbocycles. The maximum atomic E-state index is 13.3. The van der Waals surface area contributed by atoms with Crippen LogP contribution < -0.4 is 10.2 Å². The summed E-state index contributed by atoms with van der Waals surface area (Å²) in [5, 5.41) is 3.08. The first-order valence-corrected chi connectivity index (χ1v) is 10.4. The normalized spacial score (nSPS) is 30.8. The molecule has 1 N–H and O–H groups in total. The zero-order chi connectivity index (χ0) is 19.9. The third-order valence-corrected chi connectivity index (χ3v) is 6.46. The molecular weight excluding hydrogens is 352 g/mol. The molecule has 3 amide bonds. The van der Waals surface area contributed by atoms with E-state index in [-0.39, 0.29) is 17.4 Å². The van der Waals surface area contributed by atoms with Gasteiger partial charge in [-0.3, -0.25) is 9.69 Å². The number of carbonyl (C=O) groups excluding carboxylic acids is 2. The van der Waals surface area contributed by atoms with E-state index in [9.17, 15) is 9.59 Å². The Bertz CT molecular complexity index is 742. The molecule has 2 atom stereocenters. The predicted molar refractivity (Wildman–Crippen MR) is 110 cm³/mol. The predicted octanol–water partition coefficient (Wildman–Crippen LogP) is 2.90. The largest absolute Gasteiger partial charge is 0.369 e. The molecule has 1 spiro atoms. The Hall–Kier alpha value is -2.08. The van der Waals surface area contributed by atoms with Crippen LogP contribution in [0.2, 0.25) is 0 Å². The highest BCUT2D eigenvalue weighted by molar-refractivity contribution is 6.07. The van der Waals surface area contributed by atoms with Crippen molar-refractivity contribution < 1.29 is 9.59 Å². The van der Waals surface area contributed by atoms with Crippen LogP contribution in [0, 0.1) is 11.3 Å². The fraction of sp³-hybridized carbons (Fsp3) is 0.636. The van der Waals surface area contributed by atoms with Gasteiger partial charge in [0, 0.05) is 31.9 Å². The van der Waals surface area contributed by atoms with Crippen LogP contribution in [0.1, 0.15) is 40.0 Å². The first-order valence-electron chi connectivity index (χ1n) is 10.4. The van der Waals surface area contributed by atoms with E-state index in [0.29, 0.717) is 12.6 Å². The zero-order valence-corrected chi connectivity index (χ0v) is 17.3. The van der Waals surface area contributed by atoms with Crippen LogP contribution in [0.15, 0.2) is 30.3 Å². The molecule has 3 aliphatic rings. The van der Waals surface area contributed by atoms with Crippen molar-refractivity contribution in [3.05, 3.63) is 30.3 Å². The maximum Gasteiger partial charge on any atom is 0.326 e. The molecule has 0 aromatic heterocycles. The Morgan fingerprint density at radius 1 is 1.04 bits per heavy atom. The summed E-state index contributed by atoms with van der Waals surface area (Å²) in [6.45, 7) is 10.5. The lowest BCUT2D eigenvalue weighted by molar-refractivity contribution is -0.136.